The van der Waals surface area contributed by atoms with Gasteiger partial charge in [-0.3, -0.25) is 0 Å². The van der Waals surface area contributed by atoms with Crippen LogP contribution in [0.5, 0.6) is 0 Å². The van der Waals surface area contributed by atoms with Gasteiger partial charge in [0.15, 0.2) is 0 Å². The maximum atomic E-state index is 13.8. The van der Waals surface area contributed by atoms with Crippen molar-refractivity contribution in [3.8, 4) is 47.4 Å². The number of rotatable bonds is 0. The average Bonchev–Trinajstić information content (AvgIpc) is 3.14. The minimum atomic E-state index is -0.643. The molecule has 0 aromatic heterocycles. The number of hydrogen-bond donors (Lipinski definition) is 0. The summed E-state index contributed by atoms with van der Waals surface area (Å²) >= 11 is 0. The van der Waals surface area contributed by atoms with Gasteiger partial charge in [-0.2, -0.15) is 0 Å². The number of aryl methyl sites for hydroxylation is 6. The van der Waals surface area contributed by atoms with E-state index >= 15 is 0 Å². The van der Waals surface area contributed by atoms with Crippen LogP contribution in [-0.2, 0) is 0 Å². The third-order valence-corrected chi connectivity index (χ3v) is 8.53. The lowest BCUT2D eigenvalue weighted by atomic mass is 10.1. The molecule has 0 atom stereocenters. The predicted octanol–water partition coefficient (Wildman–Crippen LogP) is 11.2. The average molecular weight is 695 g/mol. The van der Waals surface area contributed by atoms with Crippen molar-refractivity contribution in [2.75, 3.05) is 0 Å². The van der Waals surface area contributed by atoms with E-state index in [-0.39, 0.29) is 11.4 Å². The van der Waals surface area contributed by atoms with Gasteiger partial charge in [-0.25, -0.2) is 13.2 Å². The van der Waals surface area contributed by atoms with Crippen LogP contribution >= 0.6 is 0 Å². The third-order valence-electron chi connectivity index (χ3n) is 8.53. The Balaban J connectivity index is 0.000000204. The van der Waals surface area contributed by atoms with Gasteiger partial charge in [0.1, 0.15) is 17.5 Å². The van der Waals surface area contributed by atoms with Crippen LogP contribution in [0.15, 0.2) is 115 Å². The van der Waals surface area contributed by atoms with Crippen molar-refractivity contribution in [2.45, 2.75) is 41.5 Å². The molecule has 6 rings (SSSR count). The summed E-state index contributed by atoms with van der Waals surface area (Å²) < 4.78 is 41.2. The summed E-state index contributed by atoms with van der Waals surface area (Å²) in [6.45, 7) is 11.7. The summed E-state index contributed by atoms with van der Waals surface area (Å²) in [7, 11) is 0. The Kier molecular flexibility index (Phi) is 12.4. The van der Waals surface area contributed by atoms with Crippen LogP contribution in [0.2, 0.25) is 0 Å². The van der Waals surface area contributed by atoms with Gasteiger partial charge in [-0.05, 0) is 172 Å². The molecule has 0 heterocycles. The molecule has 3 heteroatoms. The van der Waals surface area contributed by atoms with Gasteiger partial charge in [-0.15, -0.1) is 0 Å². The molecule has 0 nitrogen and oxygen atoms in total. The van der Waals surface area contributed by atoms with E-state index in [9.17, 15) is 13.2 Å². The van der Waals surface area contributed by atoms with E-state index in [2.05, 4.69) is 99.3 Å². The molecule has 258 valence electrons. The van der Waals surface area contributed by atoms with Crippen LogP contribution in [0, 0.1) is 106 Å². The summed E-state index contributed by atoms with van der Waals surface area (Å²) in [6.07, 6.45) is 0. The number of hydrogen-bond acceptors (Lipinski definition) is 0. The van der Waals surface area contributed by atoms with Gasteiger partial charge >= 0.3 is 0 Å². The predicted molar refractivity (Wildman–Crippen MR) is 211 cm³/mol. The van der Waals surface area contributed by atoms with Gasteiger partial charge in [0, 0.05) is 38.9 Å². The van der Waals surface area contributed by atoms with Crippen molar-refractivity contribution in [2.24, 2.45) is 0 Å². The third kappa shape index (κ3) is 10.9. The van der Waals surface area contributed by atoms with Crippen LogP contribution in [0.25, 0.3) is 0 Å². The smallest absolute Gasteiger partial charge is 0.142 e. The fraction of sp³-hybridized carbons (Fsp3) is 0.120. The summed E-state index contributed by atoms with van der Waals surface area (Å²) in [5.41, 5.74) is 11.9. The molecule has 0 saturated carbocycles. The first-order valence-corrected chi connectivity index (χ1v) is 17.1. The van der Waals surface area contributed by atoms with E-state index < -0.39 is 11.6 Å². The van der Waals surface area contributed by atoms with E-state index in [1.165, 1.54) is 40.5 Å². The molecule has 0 aliphatic heterocycles. The largest absolute Gasteiger partial charge is 0.207 e. The first-order valence-electron chi connectivity index (χ1n) is 17.1. The standard InChI is InChI=1S/C25H18F2.C25H19F/c1-17-14-24(26)23(25(27)15-17)13-12-21-8-6-20(7-9-21)10-11-22-5-4-18(2)19(3)16-22;1-18-4-6-23(16-20(18)3)14-12-21-8-10-22(11-9-21)13-15-24-7-5-19(2)25(26)17-24/h4-9,14-16H,1-3H3;4-11,16-17H,1-3H3. The SMILES string of the molecule is Cc1cc(F)c(C#Cc2ccc(C#Cc3ccc(C)c(C)c3)cc2)c(F)c1.Cc1ccc(C#Cc2ccc(C#Cc3ccc(C)c(F)c3)cc2)cc1C. The Hall–Kier alpha value is -6.65. The Morgan fingerprint density at radius 1 is 0.283 bits per heavy atom. The van der Waals surface area contributed by atoms with Gasteiger partial charge < -0.3 is 0 Å². The highest BCUT2D eigenvalue weighted by Crippen LogP contribution is 2.15. The second-order valence-corrected chi connectivity index (χ2v) is 12.8. The van der Waals surface area contributed by atoms with Crippen molar-refractivity contribution in [1.82, 2.24) is 0 Å². The zero-order valence-corrected chi connectivity index (χ0v) is 30.6. The van der Waals surface area contributed by atoms with Gasteiger partial charge in [0.25, 0.3) is 0 Å². The van der Waals surface area contributed by atoms with E-state index in [0.717, 1.165) is 27.8 Å². The molecule has 0 unspecified atom stereocenters. The van der Waals surface area contributed by atoms with Gasteiger partial charge in [0.2, 0.25) is 0 Å². The lowest BCUT2D eigenvalue weighted by Gasteiger charge is -1.99. The number of benzene rings is 6. The molecule has 0 aliphatic rings. The Morgan fingerprint density at radius 3 is 0.943 bits per heavy atom. The lowest BCUT2D eigenvalue weighted by molar-refractivity contribution is 0.575. The van der Waals surface area contributed by atoms with E-state index in [1.54, 1.807) is 32.0 Å². The quantitative estimate of drug-likeness (QED) is 0.139. The molecule has 0 spiro atoms. The molecule has 0 fully saturated rings. The van der Waals surface area contributed by atoms with E-state index in [1.807, 2.05) is 54.6 Å². The van der Waals surface area contributed by atoms with Crippen LogP contribution in [0.3, 0.4) is 0 Å². The summed E-state index contributed by atoms with van der Waals surface area (Å²) in [4.78, 5) is 0. The molecule has 0 radical (unpaired) electrons. The van der Waals surface area contributed by atoms with Crippen molar-refractivity contribution in [3.05, 3.63) is 211 Å². The van der Waals surface area contributed by atoms with Gasteiger partial charge in [0.05, 0.1) is 5.56 Å². The fourth-order valence-corrected chi connectivity index (χ4v) is 4.97. The molecule has 0 aliphatic carbocycles. The topological polar surface area (TPSA) is 0 Å². The zero-order valence-electron chi connectivity index (χ0n) is 30.6. The first-order chi connectivity index (χ1) is 25.4. The molecule has 53 heavy (non-hydrogen) atoms. The minimum absolute atomic E-state index is 0.209. The molecule has 0 amide bonds. The highest BCUT2D eigenvalue weighted by Gasteiger charge is 2.07. The highest BCUT2D eigenvalue weighted by atomic mass is 19.1. The van der Waals surface area contributed by atoms with Gasteiger partial charge in [-0.1, -0.05) is 65.6 Å². The molecular weight excluding hydrogens is 658 g/mol. The van der Waals surface area contributed by atoms with Crippen LogP contribution in [0.1, 0.15) is 77.9 Å². The molecule has 6 aromatic carbocycles. The molecular formula is C50H37F3. The Labute approximate surface area is 311 Å². The number of halogens is 3. The van der Waals surface area contributed by atoms with E-state index in [4.69, 9.17) is 0 Å². The van der Waals surface area contributed by atoms with Crippen LogP contribution < -0.4 is 0 Å². The molecule has 0 saturated heterocycles. The molecule has 6 aromatic rings. The Morgan fingerprint density at radius 2 is 0.585 bits per heavy atom. The zero-order chi connectivity index (χ0) is 37.9. The van der Waals surface area contributed by atoms with Crippen LogP contribution in [0.4, 0.5) is 13.2 Å². The van der Waals surface area contributed by atoms with Crippen LogP contribution in [-0.4, -0.2) is 0 Å². The summed E-state index contributed by atoms with van der Waals surface area (Å²) in [5, 5.41) is 0. The fourth-order valence-electron chi connectivity index (χ4n) is 4.97. The summed E-state index contributed by atoms with van der Waals surface area (Å²) in [5.74, 6) is 22.5. The van der Waals surface area contributed by atoms with Crippen molar-refractivity contribution >= 4 is 0 Å². The maximum Gasteiger partial charge on any atom is 0.142 e. The normalized spacial score (nSPS) is 9.75. The Bertz CT molecular complexity index is 2430. The van der Waals surface area contributed by atoms with Crippen molar-refractivity contribution in [3.63, 3.8) is 0 Å². The maximum absolute atomic E-state index is 13.8. The lowest BCUT2D eigenvalue weighted by Crippen LogP contribution is -1.91. The van der Waals surface area contributed by atoms with Crippen molar-refractivity contribution < 1.29 is 13.2 Å². The highest BCUT2D eigenvalue weighted by molar-refractivity contribution is 5.51. The summed E-state index contributed by atoms with van der Waals surface area (Å²) in [6, 6.07) is 35.0. The first kappa shape index (κ1) is 37.6. The van der Waals surface area contributed by atoms with Crippen molar-refractivity contribution in [1.29, 1.82) is 0 Å². The second-order valence-electron chi connectivity index (χ2n) is 12.8. The second kappa shape index (κ2) is 17.5. The van der Waals surface area contributed by atoms with E-state index in [0.29, 0.717) is 22.3 Å². The molecule has 0 bridgehead atoms. The monoisotopic (exact) mass is 694 g/mol. The molecule has 0 N–H and O–H groups in total. The minimum Gasteiger partial charge on any atom is -0.207 e.